The van der Waals surface area contributed by atoms with Gasteiger partial charge in [-0.05, 0) is 49.8 Å². The van der Waals surface area contributed by atoms with Gasteiger partial charge in [0, 0.05) is 33.1 Å². The molecule has 4 aromatic heterocycles. The molecule has 4 aromatic rings. The van der Waals surface area contributed by atoms with Crippen LogP contribution >= 0.6 is 0 Å². The highest BCUT2D eigenvalue weighted by Gasteiger charge is 2.29. The fraction of sp³-hybridized carbons (Fsp3) is 0.310. The summed E-state index contributed by atoms with van der Waals surface area (Å²) in [5.41, 5.74) is 9.04. The summed E-state index contributed by atoms with van der Waals surface area (Å²) >= 11 is 0. The number of anilines is 1. The largest absolute Gasteiger partial charge is 0.384 e. The molecule has 1 aliphatic rings. The molecule has 6 N–H and O–H groups in total. The number of methoxy groups -OCH3 is 1. The van der Waals surface area contributed by atoms with Crippen molar-refractivity contribution in [3.8, 4) is 17.5 Å². The number of nitrogens with one attached hydrogen (secondary N) is 1. The molecule has 1 aliphatic carbocycles. The second-order valence-corrected chi connectivity index (χ2v) is 10.4. The summed E-state index contributed by atoms with van der Waals surface area (Å²) in [4.78, 5) is 61.4. The topological polar surface area (TPSA) is 197 Å². The second kappa shape index (κ2) is 10.7. The van der Waals surface area contributed by atoms with Gasteiger partial charge in [-0.1, -0.05) is 5.92 Å². The van der Waals surface area contributed by atoms with Gasteiger partial charge in [-0.15, -0.1) is 0 Å². The molecule has 13 nitrogen and oxygen atoms in total. The zero-order valence-electron chi connectivity index (χ0n) is 23.2. The maximum Gasteiger partial charge on any atom is 0.258 e. The van der Waals surface area contributed by atoms with Gasteiger partial charge in [0.25, 0.3) is 11.8 Å². The zero-order valence-corrected chi connectivity index (χ0v) is 23.2. The quantitative estimate of drug-likeness (QED) is 0.225. The molecule has 1 atom stereocenters. The molecule has 1 saturated carbocycles. The van der Waals surface area contributed by atoms with Crippen molar-refractivity contribution in [3.63, 3.8) is 0 Å². The predicted octanol–water partition coefficient (Wildman–Crippen LogP) is 0.295. The number of rotatable bonds is 7. The van der Waals surface area contributed by atoms with E-state index in [0.717, 1.165) is 12.8 Å². The summed E-state index contributed by atoms with van der Waals surface area (Å²) in [5.74, 6) is 4.10. The Labute approximate surface area is 239 Å². The smallest absolute Gasteiger partial charge is 0.258 e. The Kier molecular flexibility index (Phi) is 7.27. The molecule has 0 radical (unpaired) electrons. The van der Waals surface area contributed by atoms with Crippen LogP contribution in [0.1, 0.15) is 46.2 Å². The van der Waals surface area contributed by atoms with E-state index in [4.69, 9.17) is 16.2 Å². The summed E-state index contributed by atoms with van der Waals surface area (Å²) in [7, 11) is 2.81. The maximum absolute atomic E-state index is 14.1. The van der Waals surface area contributed by atoms with Gasteiger partial charge in [-0.2, -0.15) is 0 Å². The number of carbonyl (C=O) groups excluding carboxylic acids is 2. The van der Waals surface area contributed by atoms with Crippen molar-refractivity contribution < 1.29 is 19.4 Å². The number of ether oxygens (including phenoxy) is 1. The molecule has 42 heavy (non-hydrogen) atoms. The highest BCUT2D eigenvalue weighted by atomic mass is 16.5. The van der Waals surface area contributed by atoms with Crippen molar-refractivity contribution >= 4 is 39.7 Å². The highest BCUT2D eigenvalue weighted by molar-refractivity contribution is 6.03. The Balaban J connectivity index is 1.98. The zero-order chi connectivity index (χ0) is 30.3. The van der Waals surface area contributed by atoms with Crippen LogP contribution < -0.4 is 27.6 Å². The molecule has 0 saturated heterocycles. The summed E-state index contributed by atoms with van der Waals surface area (Å²) in [6.07, 6.45) is 4.52. The number of amides is 2. The molecule has 4 heterocycles. The molecule has 0 aliphatic heterocycles. The first-order chi connectivity index (χ1) is 20.0. The van der Waals surface area contributed by atoms with Crippen LogP contribution in [-0.4, -0.2) is 62.4 Å². The number of fused-ring (bicyclic) bond motifs is 2. The third kappa shape index (κ3) is 5.09. The van der Waals surface area contributed by atoms with Crippen molar-refractivity contribution in [2.75, 3.05) is 26.5 Å². The summed E-state index contributed by atoms with van der Waals surface area (Å²) < 4.78 is 8.03. The number of primary amides is 1. The Morgan fingerprint density at radius 3 is 2.64 bits per heavy atom. The maximum atomic E-state index is 14.1. The number of carbonyl (C=O) groups is 2. The van der Waals surface area contributed by atoms with Crippen LogP contribution in [0.2, 0.25) is 0 Å². The first-order valence-corrected chi connectivity index (χ1v) is 13.1. The van der Waals surface area contributed by atoms with E-state index in [1.54, 1.807) is 4.57 Å². The lowest BCUT2D eigenvalue weighted by Gasteiger charge is -2.20. The van der Waals surface area contributed by atoms with Crippen molar-refractivity contribution in [2.45, 2.75) is 31.9 Å². The van der Waals surface area contributed by atoms with Gasteiger partial charge < -0.3 is 31.2 Å². The van der Waals surface area contributed by atoms with E-state index in [1.165, 1.54) is 56.2 Å². The standard InChI is InChI=1S/C29H29N7O6/c1-29(41,14-42-3)9-8-16-11-19(35-13-18(25(31)39)22(37)17-5-4-10-33-26(17)35)20-23(38)21(28(40)32-2)24(30)36(27(20)34-16)12-15-6-7-15/h4-5,10-11,13,15,41H,6-7,12,14,30H2,1-3H3,(H2,31,39)(H,32,40). The average Bonchev–Trinajstić information content (AvgIpc) is 3.78. The highest BCUT2D eigenvalue weighted by Crippen LogP contribution is 2.34. The fourth-order valence-electron chi connectivity index (χ4n) is 4.80. The number of aliphatic hydroxyl groups is 1. The van der Waals surface area contributed by atoms with E-state index in [2.05, 4.69) is 27.1 Å². The number of aromatic nitrogens is 4. The minimum atomic E-state index is -1.52. The van der Waals surface area contributed by atoms with Crippen LogP contribution in [0.4, 0.5) is 5.82 Å². The van der Waals surface area contributed by atoms with E-state index in [1.807, 2.05) is 0 Å². The molecule has 5 rings (SSSR count). The van der Waals surface area contributed by atoms with Gasteiger partial charge >= 0.3 is 0 Å². The van der Waals surface area contributed by atoms with Crippen LogP contribution in [0, 0.1) is 17.8 Å². The molecule has 0 spiro atoms. The van der Waals surface area contributed by atoms with Crippen molar-refractivity contribution in [1.82, 2.24) is 24.4 Å². The summed E-state index contributed by atoms with van der Waals surface area (Å²) in [6.45, 7) is 1.78. The number of nitrogen functional groups attached to an aromatic ring is 1. The Hall–Kier alpha value is -5.06. The van der Waals surface area contributed by atoms with Gasteiger partial charge in [0.1, 0.15) is 39.5 Å². The van der Waals surface area contributed by atoms with Crippen molar-refractivity contribution in [3.05, 3.63) is 67.9 Å². The Morgan fingerprint density at radius 2 is 2.00 bits per heavy atom. The first-order valence-electron chi connectivity index (χ1n) is 13.1. The number of nitrogens with two attached hydrogens (primary N) is 2. The number of hydrogen-bond donors (Lipinski definition) is 4. The third-order valence-corrected chi connectivity index (χ3v) is 7.00. The molecular formula is C29H29N7O6. The Morgan fingerprint density at radius 1 is 1.26 bits per heavy atom. The van der Waals surface area contributed by atoms with E-state index in [9.17, 15) is 24.3 Å². The first kappa shape index (κ1) is 28.5. The third-order valence-electron chi connectivity index (χ3n) is 7.00. The van der Waals surface area contributed by atoms with Gasteiger partial charge in [0.05, 0.1) is 23.1 Å². The minimum absolute atomic E-state index is 0.0105. The molecule has 2 amide bonds. The van der Waals surface area contributed by atoms with Crippen LogP contribution in [-0.2, 0) is 11.3 Å². The minimum Gasteiger partial charge on any atom is -0.384 e. The number of nitrogens with zero attached hydrogens (tertiary/aromatic N) is 4. The van der Waals surface area contributed by atoms with Crippen LogP contribution in [0.15, 0.2) is 40.2 Å². The van der Waals surface area contributed by atoms with Gasteiger partial charge in [0.2, 0.25) is 10.9 Å². The molecule has 0 bridgehead atoms. The lowest BCUT2D eigenvalue weighted by atomic mass is 10.1. The molecule has 1 unspecified atom stereocenters. The van der Waals surface area contributed by atoms with E-state index in [0.29, 0.717) is 6.54 Å². The SMILES string of the molecule is CNC(=O)c1c(N)n(CC2CC2)c2nc(C#CC(C)(O)COC)cc(-n3cc(C(N)=O)c(=O)c4cccnc43)c2c1=O. The predicted molar refractivity (Wildman–Crippen MR) is 155 cm³/mol. The van der Waals surface area contributed by atoms with E-state index in [-0.39, 0.29) is 62.9 Å². The second-order valence-electron chi connectivity index (χ2n) is 10.4. The fourth-order valence-corrected chi connectivity index (χ4v) is 4.80. The van der Waals surface area contributed by atoms with E-state index >= 15 is 0 Å². The molecule has 13 heteroatoms. The van der Waals surface area contributed by atoms with Gasteiger partial charge in [-0.25, -0.2) is 9.97 Å². The Bertz CT molecular complexity index is 1960. The van der Waals surface area contributed by atoms with E-state index < -0.39 is 28.3 Å². The summed E-state index contributed by atoms with van der Waals surface area (Å²) in [5, 5.41) is 13.1. The molecule has 216 valence electrons. The lowest BCUT2D eigenvalue weighted by molar-refractivity contribution is 0.0274. The monoisotopic (exact) mass is 571 g/mol. The van der Waals surface area contributed by atoms with Crippen LogP contribution in [0.5, 0.6) is 0 Å². The van der Waals surface area contributed by atoms with Gasteiger partial charge in [0.15, 0.2) is 0 Å². The van der Waals surface area contributed by atoms with Crippen molar-refractivity contribution in [1.29, 1.82) is 0 Å². The number of pyridine rings is 4. The number of hydrogen-bond acceptors (Lipinski definition) is 9. The average molecular weight is 572 g/mol. The molecule has 1 fully saturated rings. The lowest BCUT2D eigenvalue weighted by Crippen LogP contribution is -2.31. The summed E-state index contributed by atoms with van der Waals surface area (Å²) in [6, 6.07) is 4.47. The van der Waals surface area contributed by atoms with Crippen LogP contribution in [0.3, 0.4) is 0 Å². The normalized spacial score (nSPS) is 14.3. The molecule has 0 aromatic carbocycles. The molecular weight excluding hydrogens is 542 g/mol. The van der Waals surface area contributed by atoms with Gasteiger partial charge in [-0.3, -0.25) is 23.7 Å². The van der Waals surface area contributed by atoms with Crippen molar-refractivity contribution in [2.24, 2.45) is 11.7 Å². The van der Waals surface area contributed by atoms with Crippen LogP contribution in [0.25, 0.3) is 27.8 Å².